The first-order valence-electron chi connectivity index (χ1n) is 4.80. The second-order valence-electron chi connectivity index (χ2n) is 3.48. The van der Waals surface area contributed by atoms with Gasteiger partial charge in [0.1, 0.15) is 0 Å². The first-order chi connectivity index (χ1) is 8.04. The van der Waals surface area contributed by atoms with Gasteiger partial charge in [-0.25, -0.2) is 0 Å². The summed E-state index contributed by atoms with van der Waals surface area (Å²) >= 11 is 0. The zero-order valence-electron chi connectivity index (χ0n) is 8.52. The molecule has 0 aromatic heterocycles. The van der Waals surface area contributed by atoms with Gasteiger partial charge in [-0.1, -0.05) is 41.5 Å². The predicted molar refractivity (Wildman–Crippen MR) is 61.5 cm³/mol. The normalized spacial score (nSPS) is 11.2. The van der Waals surface area contributed by atoms with Crippen molar-refractivity contribution in [2.45, 2.75) is 0 Å². The Morgan fingerprint density at radius 1 is 1.00 bits per heavy atom. The third kappa shape index (κ3) is 2.05. The van der Waals surface area contributed by atoms with Crippen molar-refractivity contribution in [1.29, 1.82) is 0 Å². The number of azide groups is 1. The average molecular weight is 236 g/mol. The molecular weight excluding hydrogens is 230 g/mol. The lowest BCUT2D eigenvalue weighted by atomic mass is 9.77. The van der Waals surface area contributed by atoms with E-state index in [9.17, 15) is 12.9 Å². The Hall–Kier alpha value is -2.14. The van der Waals surface area contributed by atoms with Crippen molar-refractivity contribution in [3.05, 3.63) is 46.8 Å². The van der Waals surface area contributed by atoms with E-state index in [1.54, 1.807) is 6.07 Å². The Kier molecular flexibility index (Phi) is 2.69. The second kappa shape index (κ2) is 4.03. The molecule has 0 spiro atoms. The number of hydrogen-bond acceptors (Lipinski definition) is 1. The Morgan fingerprint density at radius 2 is 1.65 bits per heavy atom. The molecule has 2 aromatic carbocycles. The summed E-state index contributed by atoms with van der Waals surface area (Å²) in [6, 6.07) is 8.14. The molecule has 0 aliphatic heterocycles. The Morgan fingerprint density at radius 3 is 2.24 bits per heavy atom. The molecule has 7 heteroatoms. The highest BCUT2D eigenvalue weighted by atomic mass is 19.4. The van der Waals surface area contributed by atoms with Crippen molar-refractivity contribution in [3.63, 3.8) is 0 Å². The third-order valence-corrected chi connectivity index (χ3v) is 2.44. The summed E-state index contributed by atoms with van der Waals surface area (Å²) in [5.74, 6) is 0. The maximum atomic E-state index is 12.8. The molecule has 2 aromatic rings. The molecule has 17 heavy (non-hydrogen) atoms. The molecule has 0 unspecified atom stereocenters. The van der Waals surface area contributed by atoms with Crippen LogP contribution in [0, 0.1) is 0 Å². The van der Waals surface area contributed by atoms with Crippen molar-refractivity contribution >= 4 is 28.9 Å². The lowest BCUT2D eigenvalue weighted by molar-refractivity contribution is 0.502. The molecule has 0 saturated heterocycles. The van der Waals surface area contributed by atoms with Crippen LogP contribution >= 0.6 is 0 Å². The highest BCUT2D eigenvalue weighted by molar-refractivity contribution is 6.76. The zero-order chi connectivity index (χ0) is 12.5. The molecule has 0 amide bonds. The molecule has 0 fully saturated rings. The Balaban J connectivity index is 2.84. The number of benzene rings is 2. The van der Waals surface area contributed by atoms with Gasteiger partial charge in [-0.15, -0.1) is 5.46 Å². The van der Waals surface area contributed by atoms with Gasteiger partial charge in [-0.3, -0.25) is 0 Å². The lowest BCUT2D eigenvalue weighted by Crippen LogP contribution is -2.34. The maximum absolute atomic E-state index is 12.8. The molecule has 86 valence electrons. The highest BCUT2D eigenvalue weighted by Crippen LogP contribution is 2.27. The first-order valence-corrected chi connectivity index (χ1v) is 4.80. The van der Waals surface area contributed by atoms with Gasteiger partial charge < -0.3 is 12.9 Å². The van der Waals surface area contributed by atoms with Crippen molar-refractivity contribution < 1.29 is 12.9 Å². The number of hydrogen-bond donors (Lipinski definition) is 0. The van der Waals surface area contributed by atoms with E-state index < -0.39 is 12.4 Å². The fourth-order valence-electron chi connectivity index (χ4n) is 1.73. The van der Waals surface area contributed by atoms with Gasteiger partial charge in [0.15, 0.2) is 0 Å². The van der Waals surface area contributed by atoms with Crippen LogP contribution in [-0.4, -0.2) is 6.98 Å². The van der Waals surface area contributed by atoms with Gasteiger partial charge in [0.25, 0.3) is 0 Å². The van der Waals surface area contributed by atoms with E-state index in [0.717, 1.165) is 6.07 Å². The molecule has 0 N–H and O–H groups in total. The molecule has 0 radical (unpaired) electrons. The standard InChI is InChI=1S/C10H6BF3N3/c12-11(13,14)9-5-6-10(16-17-15)8-4-2-1-3-7(8)9/h1-6H/q-1. The van der Waals surface area contributed by atoms with Crippen molar-refractivity contribution in [1.82, 2.24) is 0 Å². The zero-order valence-corrected chi connectivity index (χ0v) is 8.52. The summed E-state index contributed by atoms with van der Waals surface area (Å²) in [4.78, 5) is 2.60. The van der Waals surface area contributed by atoms with Gasteiger partial charge in [0.05, 0.1) is 0 Å². The second-order valence-corrected chi connectivity index (χ2v) is 3.48. The molecule has 3 nitrogen and oxygen atoms in total. The van der Waals surface area contributed by atoms with Crippen LogP contribution in [0.4, 0.5) is 18.6 Å². The van der Waals surface area contributed by atoms with Crippen LogP contribution < -0.4 is 5.46 Å². The minimum Gasteiger partial charge on any atom is -0.445 e. The third-order valence-electron chi connectivity index (χ3n) is 2.44. The molecule has 0 saturated carbocycles. The molecular formula is C10H6BF3N3-. The molecule has 0 aliphatic rings. The van der Waals surface area contributed by atoms with Crippen LogP contribution in [0.2, 0.25) is 0 Å². The molecule has 0 heterocycles. The van der Waals surface area contributed by atoms with Gasteiger partial charge in [0.2, 0.25) is 0 Å². The average Bonchev–Trinajstić information content (AvgIpc) is 2.28. The van der Waals surface area contributed by atoms with Gasteiger partial charge >= 0.3 is 6.98 Å². The van der Waals surface area contributed by atoms with E-state index in [0.29, 0.717) is 5.39 Å². The van der Waals surface area contributed by atoms with Crippen LogP contribution in [0.15, 0.2) is 41.5 Å². The first kappa shape index (κ1) is 11.4. The van der Waals surface area contributed by atoms with E-state index >= 15 is 0 Å². The summed E-state index contributed by atoms with van der Waals surface area (Å²) < 4.78 is 38.4. The van der Waals surface area contributed by atoms with Crippen molar-refractivity contribution in [3.8, 4) is 0 Å². The van der Waals surface area contributed by atoms with Crippen LogP contribution in [0.5, 0.6) is 0 Å². The summed E-state index contributed by atoms with van der Waals surface area (Å²) in [5.41, 5.74) is 7.88. The summed E-state index contributed by atoms with van der Waals surface area (Å²) in [6.45, 7) is -5.08. The number of fused-ring (bicyclic) bond motifs is 1. The molecule has 2 rings (SSSR count). The number of nitrogens with zero attached hydrogens (tertiary/aromatic N) is 3. The predicted octanol–water partition coefficient (Wildman–Crippen LogP) is 3.84. The summed E-state index contributed by atoms with van der Waals surface area (Å²) in [7, 11) is 0. The fraction of sp³-hybridized carbons (Fsp3) is 0. The smallest absolute Gasteiger partial charge is 0.445 e. The number of rotatable bonds is 2. The number of halogens is 3. The van der Waals surface area contributed by atoms with Gasteiger partial charge in [-0.05, 0) is 16.3 Å². The molecule has 0 atom stereocenters. The monoisotopic (exact) mass is 236 g/mol. The molecule has 0 aliphatic carbocycles. The Bertz CT molecular complexity index is 618. The minimum absolute atomic E-state index is 0.0601. The van der Waals surface area contributed by atoms with E-state index in [1.165, 1.54) is 24.3 Å². The van der Waals surface area contributed by atoms with Crippen molar-refractivity contribution in [2.24, 2.45) is 5.11 Å². The fourth-order valence-corrected chi connectivity index (χ4v) is 1.73. The molecule has 0 bridgehead atoms. The SMILES string of the molecule is [N-]=[N+]=Nc1ccc([B-](F)(F)F)c2ccccc12. The minimum atomic E-state index is -5.08. The summed E-state index contributed by atoms with van der Waals surface area (Å²) in [6.07, 6.45) is 0. The van der Waals surface area contributed by atoms with E-state index in [4.69, 9.17) is 5.53 Å². The topological polar surface area (TPSA) is 48.8 Å². The van der Waals surface area contributed by atoms with Gasteiger partial charge in [0, 0.05) is 10.6 Å². The largest absolute Gasteiger partial charge is 0.510 e. The Labute approximate surface area is 94.5 Å². The van der Waals surface area contributed by atoms with E-state index in [1.807, 2.05) is 0 Å². The lowest BCUT2D eigenvalue weighted by Gasteiger charge is -2.18. The maximum Gasteiger partial charge on any atom is 0.510 e. The quantitative estimate of drug-likeness (QED) is 0.329. The van der Waals surface area contributed by atoms with Crippen LogP contribution in [-0.2, 0) is 0 Å². The summed E-state index contributed by atoms with van der Waals surface area (Å²) in [5, 5.41) is 3.75. The van der Waals surface area contributed by atoms with Crippen LogP contribution in [0.1, 0.15) is 0 Å². The van der Waals surface area contributed by atoms with Gasteiger partial charge in [-0.2, -0.15) is 0 Å². The van der Waals surface area contributed by atoms with E-state index in [2.05, 4.69) is 10.0 Å². The van der Waals surface area contributed by atoms with Crippen LogP contribution in [0.25, 0.3) is 21.2 Å². The van der Waals surface area contributed by atoms with E-state index in [-0.39, 0.29) is 11.1 Å². The van der Waals surface area contributed by atoms with Crippen LogP contribution in [0.3, 0.4) is 0 Å². The van der Waals surface area contributed by atoms with Crippen molar-refractivity contribution in [2.75, 3.05) is 0 Å². The highest BCUT2D eigenvalue weighted by Gasteiger charge is 2.27.